The van der Waals surface area contributed by atoms with E-state index in [-0.39, 0.29) is 24.4 Å². The molecule has 1 aliphatic rings. The molecule has 1 saturated heterocycles. The SMILES string of the molecule is CCOc1cn(-c2ccccc2)nc1C(=O)N1CCNCC1c1cccnc1.Cl. The molecule has 3 aromatic rings. The number of para-hydroxylation sites is 1. The monoisotopic (exact) mass is 413 g/mol. The molecule has 4 rings (SSSR count). The molecule has 1 atom stereocenters. The molecule has 152 valence electrons. The molecule has 1 amide bonds. The van der Waals surface area contributed by atoms with Gasteiger partial charge in [-0.1, -0.05) is 24.3 Å². The van der Waals surface area contributed by atoms with E-state index < -0.39 is 0 Å². The molecule has 7 nitrogen and oxygen atoms in total. The second-order valence-corrected chi connectivity index (χ2v) is 6.56. The largest absolute Gasteiger partial charge is 0.490 e. The summed E-state index contributed by atoms with van der Waals surface area (Å²) in [4.78, 5) is 19.5. The fourth-order valence-corrected chi connectivity index (χ4v) is 3.43. The summed E-state index contributed by atoms with van der Waals surface area (Å²) in [5.41, 5.74) is 2.22. The average molecular weight is 414 g/mol. The minimum Gasteiger partial charge on any atom is -0.490 e. The topological polar surface area (TPSA) is 72.3 Å². The van der Waals surface area contributed by atoms with Gasteiger partial charge < -0.3 is 15.0 Å². The number of nitrogens with zero attached hydrogens (tertiary/aromatic N) is 4. The summed E-state index contributed by atoms with van der Waals surface area (Å²) in [6.45, 7) is 4.39. The van der Waals surface area contributed by atoms with E-state index in [1.54, 1.807) is 17.1 Å². The van der Waals surface area contributed by atoms with Crippen LogP contribution in [0, 0.1) is 0 Å². The van der Waals surface area contributed by atoms with Crippen molar-refractivity contribution < 1.29 is 9.53 Å². The van der Waals surface area contributed by atoms with E-state index in [1.165, 1.54) is 0 Å². The zero-order chi connectivity index (χ0) is 19.3. The summed E-state index contributed by atoms with van der Waals surface area (Å²) >= 11 is 0. The Morgan fingerprint density at radius 2 is 2.07 bits per heavy atom. The van der Waals surface area contributed by atoms with Crippen molar-refractivity contribution in [1.29, 1.82) is 0 Å². The van der Waals surface area contributed by atoms with Gasteiger partial charge in [-0.25, -0.2) is 4.68 Å². The quantitative estimate of drug-likeness (QED) is 0.696. The summed E-state index contributed by atoms with van der Waals surface area (Å²) in [6, 6.07) is 13.5. The summed E-state index contributed by atoms with van der Waals surface area (Å²) in [7, 11) is 0. The van der Waals surface area contributed by atoms with E-state index in [2.05, 4.69) is 15.4 Å². The van der Waals surface area contributed by atoms with Gasteiger partial charge in [-0.15, -0.1) is 12.4 Å². The summed E-state index contributed by atoms with van der Waals surface area (Å²) < 4.78 is 7.43. The first-order valence-corrected chi connectivity index (χ1v) is 9.47. The first-order valence-electron chi connectivity index (χ1n) is 9.47. The van der Waals surface area contributed by atoms with Crippen LogP contribution >= 0.6 is 12.4 Å². The second-order valence-electron chi connectivity index (χ2n) is 6.56. The van der Waals surface area contributed by atoms with Gasteiger partial charge in [0.1, 0.15) is 0 Å². The highest BCUT2D eigenvalue weighted by molar-refractivity contribution is 5.95. The van der Waals surface area contributed by atoms with Gasteiger partial charge in [-0.3, -0.25) is 9.78 Å². The first kappa shape index (κ1) is 20.8. The Labute approximate surface area is 176 Å². The maximum atomic E-state index is 13.4. The Morgan fingerprint density at radius 3 is 2.79 bits per heavy atom. The number of aromatic nitrogens is 3. The molecule has 29 heavy (non-hydrogen) atoms. The van der Waals surface area contributed by atoms with Crippen molar-refractivity contribution in [3.8, 4) is 11.4 Å². The van der Waals surface area contributed by atoms with Crippen molar-refractivity contribution in [2.45, 2.75) is 13.0 Å². The number of hydrogen-bond acceptors (Lipinski definition) is 5. The normalized spacial score (nSPS) is 16.2. The Hall–Kier alpha value is -2.90. The van der Waals surface area contributed by atoms with Gasteiger partial charge in [0, 0.05) is 32.0 Å². The van der Waals surface area contributed by atoms with Gasteiger partial charge in [0.15, 0.2) is 11.4 Å². The molecular formula is C21H24ClN5O2. The van der Waals surface area contributed by atoms with Gasteiger partial charge in [0.2, 0.25) is 0 Å². The number of rotatable bonds is 5. The Bertz CT molecular complexity index is 933. The minimum atomic E-state index is -0.131. The fraction of sp³-hybridized carbons (Fsp3) is 0.286. The molecule has 1 aromatic carbocycles. The van der Waals surface area contributed by atoms with Crippen LogP contribution in [0.25, 0.3) is 5.69 Å². The van der Waals surface area contributed by atoms with Crippen molar-refractivity contribution in [2.24, 2.45) is 0 Å². The third-order valence-electron chi connectivity index (χ3n) is 4.78. The number of nitrogens with one attached hydrogen (secondary N) is 1. The molecule has 0 aliphatic carbocycles. The van der Waals surface area contributed by atoms with Crippen LogP contribution in [-0.2, 0) is 0 Å². The molecule has 0 spiro atoms. The molecule has 0 saturated carbocycles. The van der Waals surface area contributed by atoms with Gasteiger partial charge in [0.05, 0.1) is 24.5 Å². The standard InChI is InChI=1S/C21H23N5O2.ClH/c1-2-28-19-15-26(17-8-4-3-5-9-17)24-20(19)21(27)25-12-11-23-14-18(25)16-7-6-10-22-13-16;/h3-10,13,15,18,23H,2,11-12,14H2,1H3;1H. The van der Waals surface area contributed by atoms with E-state index >= 15 is 0 Å². The Kier molecular flexibility index (Phi) is 6.85. The number of piperazine rings is 1. The average Bonchev–Trinajstić information content (AvgIpc) is 3.19. The second kappa shape index (κ2) is 9.54. The van der Waals surface area contributed by atoms with E-state index in [4.69, 9.17) is 4.74 Å². The van der Waals surface area contributed by atoms with Crippen molar-refractivity contribution >= 4 is 18.3 Å². The molecule has 1 unspecified atom stereocenters. The number of hydrogen-bond donors (Lipinski definition) is 1. The maximum Gasteiger partial charge on any atom is 0.278 e. The predicted octanol–water partition coefficient (Wildman–Crippen LogP) is 2.87. The number of pyridine rings is 1. The lowest BCUT2D eigenvalue weighted by molar-refractivity contribution is 0.0623. The predicted molar refractivity (Wildman–Crippen MR) is 113 cm³/mol. The van der Waals surface area contributed by atoms with Crippen LogP contribution in [0.15, 0.2) is 61.1 Å². The minimum absolute atomic E-state index is 0. The van der Waals surface area contributed by atoms with Gasteiger partial charge in [-0.05, 0) is 30.7 Å². The molecular weight excluding hydrogens is 390 g/mol. The highest BCUT2D eigenvalue weighted by atomic mass is 35.5. The van der Waals surface area contributed by atoms with Crippen molar-refractivity contribution in [2.75, 3.05) is 26.2 Å². The highest BCUT2D eigenvalue weighted by Crippen LogP contribution is 2.27. The van der Waals surface area contributed by atoms with Crippen LogP contribution in [0.1, 0.15) is 29.0 Å². The number of carbonyl (C=O) groups excluding carboxylic acids is 1. The van der Waals surface area contributed by atoms with Crippen LogP contribution in [0.5, 0.6) is 5.75 Å². The summed E-state index contributed by atoms with van der Waals surface area (Å²) in [6.07, 6.45) is 5.32. The molecule has 1 N–H and O–H groups in total. The molecule has 1 fully saturated rings. The molecule has 1 aliphatic heterocycles. The third-order valence-corrected chi connectivity index (χ3v) is 4.78. The van der Waals surface area contributed by atoms with E-state index in [0.29, 0.717) is 31.1 Å². The molecule has 0 bridgehead atoms. The lowest BCUT2D eigenvalue weighted by atomic mass is 10.0. The Balaban J connectivity index is 0.00000240. The van der Waals surface area contributed by atoms with E-state index in [0.717, 1.165) is 17.8 Å². The molecule has 2 aromatic heterocycles. The van der Waals surface area contributed by atoms with Gasteiger partial charge >= 0.3 is 0 Å². The lowest BCUT2D eigenvalue weighted by Gasteiger charge is -2.36. The third kappa shape index (κ3) is 4.41. The summed E-state index contributed by atoms with van der Waals surface area (Å²) in [5, 5.41) is 7.93. The number of halogens is 1. The van der Waals surface area contributed by atoms with Crippen LogP contribution in [0.4, 0.5) is 0 Å². The summed E-state index contributed by atoms with van der Waals surface area (Å²) in [5.74, 6) is 0.369. The van der Waals surface area contributed by atoms with Crippen molar-refractivity contribution in [3.63, 3.8) is 0 Å². The highest BCUT2D eigenvalue weighted by Gasteiger charge is 2.32. The smallest absolute Gasteiger partial charge is 0.278 e. The van der Waals surface area contributed by atoms with E-state index in [1.807, 2.05) is 60.5 Å². The Morgan fingerprint density at radius 1 is 1.24 bits per heavy atom. The van der Waals surface area contributed by atoms with Crippen LogP contribution < -0.4 is 10.1 Å². The van der Waals surface area contributed by atoms with Gasteiger partial charge in [0.25, 0.3) is 5.91 Å². The number of benzene rings is 1. The number of amides is 1. The molecule has 3 heterocycles. The van der Waals surface area contributed by atoms with Gasteiger partial charge in [-0.2, -0.15) is 5.10 Å². The van der Waals surface area contributed by atoms with Crippen LogP contribution in [-0.4, -0.2) is 51.8 Å². The van der Waals surface area contributed by atoms with Crippen LogP contribution in [0.2, 0.25) is 0 Å². The maximum absolute atomic E-state index is 13.4. The van der Waals surface area contributed by atoms with Crippen molar-refractivity contribution in [3.05, 3.63) is 72.3 Å². The first-order chi connectivity index (χ1) is 13.8. The number of ether oxygens (including phenoxy) is 1. The fourth-order valence-electron chi connectivity index (χ4n) is 3.43. The zero-order valence-electron chi connectivity index (χ0n) is 16.2. The lowest BCUT2D eigenvalue weighted by Crippen LogP contribution is -2.48. The molecule has 8 heteroatoms. The number of carbonyl (C=O) groups is 1. The van der Waals surface area contributed by atoms with Crippen molar-refractivity contribution in [1.82, 2.24) is 25.0 Å². The van der Waals surface area contributed by atoms with Crippen LogP contribution in [0.3, 0.4) is 0 Å². The van der Waals surface area contributed by atoms with E-state index in [9.17, 15) is 4.79 Å². The molecule has 0 radical (unpaired) electrons. The zero-order valence-corrected chi connectivity index (χ0v) is 17.0.